The number of rotatable bonds is 21. The Morgan fingerprint density at radius 1 is 0.804 bits per heavy atom. The van der Waals surface area contributed by atoms with E-state index in [1.807, 2.05) is 0 Å². The van der Waals surface area contributed by atoms with Crippen molar-refractivity contribution in [1.29, 1.82) is 0 Å². The number of primary amides is 2. The number of nitrogens with two attached hydrogens (primary N) is 3. The van der Waals surface area contributed by atoms with Gasteiger partial charge in [0.15, 0.2) is 6.29 Å². The molecule has 1 rings (SSSR count). The van der Waals surface area contributed by atoms with Crippen LogP contribution in [0, 0.1) is 0 Å². The van der Waals surface area contributed by atoms with Crippen LogP contribution in [-0.4, -0.2) is 141 Å². The van der Waals surface area contributed by atoms with Crippen LogP contribution in [0.2, 0.25) is 0 Å². The zero-order valence-corrected chi connectivity index (χ0v) is 28.7. The lowest BCUT2D eigenvalue weighted by Crippen LogP contribution is -2.65. The first-order valence-electron chi connectivity index (χ1n) is 16.0. The molecular formula is C29H50N8O14. The summed E-state index contributed by atoms with van der Waals surface area (Å²) in [5.41, 5.74) is 16.1. The number of carbonyl (C=O) groups is 8. The van der Waals surface area contributed by atoms with Crippen molar-refractivity contribution >= 4 is 47.3 Å². The second kappa shape index (κ2) is 21.0. The van der Waals surface area contributed by atoms with E-state index in [0.29, 0.717) is 0 Å². The molecule has 1 aliphatic rings. The number of hydrogen-bond donors (Lipinski definition) is 12. The van der Waals surface area contributed by atoms with E-state index in [1.165, 1.54) is 20.8 Å². The van der Waals surface area contributed by atoms with Crippen molar-refractivity contribution in [3.63, 3.8) is 0 Å². The highest BCUT2D eigenvalue weighted by Crippen LogP contribution is 2.24. The van der Waals surface area contributed by atoms with Gasteiger partial charge in [-0.05, 0) is 46.5 Å². The molecule has 1 saturated heterocycles. The van der Waals surface area contributed by atoms with Crippen LogP contribution in [-0.2, 0) is 47.8 Å². The van der Waals surface area contributed by atoms with Crippen molar-refractivity contribution in [2.45, 2.75) is 127 Å². The smallest absolute Gasteiger partial charge is 0.325 e. The second-order valence-electron chi connectivity index (χ2n) is 12.1. The van der Waals surface area contributed by atoms with Gasteiger partial charge in [-0.25, -0.2) is 0 Å². The minimum atomic E-state index is -1.71. The zero-order chi connectivity index (χ0) is 39.2. The summed E-state index contributed by atoms with van der Waals surface area (Å²) in [6.07, 6.45) is -8.04. The third kappa shape index (κ3) is 14.7. The lowest BCUT2D eigenvalue weighted by atomic mass is 9.96. The number of amides is 7. The van der Waals surface area contributed by atoms with Crippen LogP contribution in [0.1, 0.15) is 59.8 Å². The lowest BCUT2D eigenvalue weighted by Gasteiger charge is -2.43. The molecule has 0 bridgehead atoms. The summed E-state index contributed by atoms with van der Waals surface area (Å²) in [7, 11) is 0. The summed E-state index contributed by atoms with van der Waals surface area (Å²) >= 11 is 0. The predicted octanol–water partition coefficient (Wildman–Crippen LogP) is -6.35. The number of carbonyl (C=O) groups excluding carboxylic acids is 7. The first-order chi connectivity index (χ1) is 23.7. The quantitative estimate of drug-likeness (QED) is 0.0522. The van der Waals surface area contributed by atoms with E-state index < -0.39 is 127 Å². The van der Waals surface area contributed by atoms with Gasteiger partial charge >= 0.3 is 5.97 Å². The van der Waals surface area contributed by atoms with Crippen LogP contribution in [0.3, 0.4) is 0 Å². The van der Waals surface area contributed by atoms with Gasteiger partial charge in [-0.3, -0.25) is 38.4 Å². The Balaban J connectivity index is 2.85. The standard InChI is InChI=1S/C29H50N8O14/c1-11(33-26(45)13(3)50-22-20(35-14(4)39)29(49)51-18(10-38)21(22)41)25(44)37-16(24(32)43)8-9-19(40)36-17(7-5-6-15(30)23(31)42)27(46)34-12(2)28(47)48/h11-13,15-18,20-22,29,38,41,49H,5-10,30H2,1-4H3,(H2,31,42)(H2,32,43)(H,33,45)(H,34,46)(H,35,39)(H,36,40)(H,37,44)(H,47,48). The summed E-state index contributed by atoms with van der Waals surface area (Å²) < 4.78 is 10.7. The number of ether oxygens (including phenoxy) is 2. The van der Waals surface area contributed by atoms with Gasteiger partial charge in [0.05, 0.1) is 12.6 Å². The molecule has 0 aliphatic carbocycles. The third-order valence-corrected chi connectivity index (χ3v) is 7.80. The van der Waals surface area contributed by atoms with Gasteiger partial charge < -0.3 is 73.7 Å². The van der Waals surface area contributed by atoms with Gasteiger partial charge in [0, 0.05) is 13.3 Å². The predicted molar refractivity (Wildman–Crippen MR) is 172 cm³/mol. The normalized spacial score (nSPS) is 23.6. The first-order valence-corrected chi connectivity index (χ1v) is 16.0. The topological polar surface area (TPSA) is 374 Å². The molecule has 7 amide bonds. The van der Waals surface area contributed by atoms with Crippen LogP contribution in [0.4, 0.5) is 0 Å². The molecule has 0 saturated carbocycles. The van der Waals surface area contributed by atoms with Crippen molar-refractivity contribution in [3.05, 3.63) is 0 Å². The average molecular weight is 735 g/mol. The van der Waals surface area contributed by atoms with E-state index in [4.69, 9.17) is 31.8 Å². The van der Waals surface area contributed by atoms with Crippen molar-refractivity contribution < 1.29 is 68.3 Å². The Morgan fingerprint density at radius 3 is 1.94 bits per heavy atom. The Hall–Kier alpha value is -4.48. The molecule has 290 valence electrons. The highest BCUT2D eigenvalue weighted by atomic mass is 16.6. The molecule has 15 N–H and O–H groups in total. The minimum absolute atomic E-state index is 0.0514. The maximum Gasteiger partial charge on any atom is 0.325 e. The molecule has 11 atom stereocenters. The Morgan fingerprint density at radius 2 is 1.41 bits per heavy atom. The van der Waals surface area contributed by atoms with Crippen LogP contribution < -0.4 is 43.8 Å². The van der Waals surface area contributed by atoms with Crippen LogP contribution in [0.25, 0.3) is 0 Å². The summed E-state index contributed by atoms with van der Waals surface area (Å²) in [6.45, 7) is 4.12. The molecule has 0 radical (unpaired) electrons. The fourth-order valence-electron chi connectivity index (χ4n) is 4.78. The maximum absolute atomic E-state index is 12.9. The van der Waals surface area contributed by atoms with Crippen molar-refractivity contribution in [1.82, 2.24) is 26.6 Å². The Kier molecular flexibility index (Phi) is 18.4. The van der Waals surface area contributed by atoms with Crippen molar-refractivity contribution in [3.8, 4) is 0 Å². The molecule has 1 heterocycles. The molecule has 51 heavy (non-hydrogen) atoms. The third-order valence-electron chi connectivity index (χ3n) is 7.80. The molecule has 0 spiro atoms. The van der Waals surface area contributed by atoms with E-state index in [1.54, 1.807) is 0 Å². The summed E-state index contributed by atoms with van der Waals surface area (Å²) in [4.78, 5) is 97.3. The molecule has 1 aliphatic heterocycles. The molecule has 22 heteroatoms. The van der Waals surface area contributed by atoms with Gasteiger partial charge in [0.25, 0.3) is 0 Å². The molecule has 1 fully saturated rings. The number of aliphatic hydroxyl groups excluding tert-OH is 3. The fraction of sp³-hybridized carbons (Fsp3) is 0.724. The second-order valence-corrected chi connectivity index (χ2v) is 12.1. The van der Waals surface area contributed by atoms with E-state index in [2.05, 4.69) is 26.6 Å². The SMILES string of the molecule is CC(=O)NC1C(O)OC(CO)C(O)C1OC(C)C(=O)NC(C)C(=O)NC(CCC(=O)NC(CCCC(N)C(N)=O)C(=O)NC(C)C(=O)O)C(N)=O. The molecule has 0 aromatic heterocycles. The first kappa shape index (κ1) is 44.5. The van der Waals surface area contributed by atoms with Crippen LogP contribution in [0.15, 0.2) is 0 Å². The molecular weight excluding hydrogens is 684 g/mol. The highest BCUT2D eigenvalue weighted by molar-refractivity contribution is 5.93. The molecule has 0 aromatic carbocycles. The van der Waals surface area contributed by atoms with E-state index in [9.17, 15) is 53.7 Å². The van der Waals surface area contributed by atoms with E-state index in [0.717, 1.165) is 6.92 Å². The number of carboxylic acid groups (broad SMARTS) is 1. The largest absolute Gasteiger partial charge is 0.480 e. The van der Waals surface area contributed by atoms with E-state index in [-0.39, 0.29) is 25.7 Å². The van der Waals surface area contributed by atoms with Gasteiger partial charge in [0.1, 0.15) is 54.6 Å². The lowest BCUT2D eigenvalue weighted by molar-refractivity contribution is -0.266. The molecule has 22 nitrogen and oxygen atoms in total. The number of aliphatic carboxylic acids is 1. The van der Waals surface area contributed by atoms with Gasteiger partial charge in [-0.15, -0.1) is 0 Å². The Labute approximate surface area is 292 Å². The number of carboxylic acids is 1. The zero-order valence-electron chi connectivity index (χ0n) is 28.7. The monoisotopic (exact) mass is 734 g/mol. The number of hydrogen-bond acceptors (Lipinski definition) is 14. The number of nitrogens with one attached hydrogen (secondary N) is 5. The van der Waals surface area contributed by atoms with Crippen molar-refractivity contribution in [2.75, 3.05) is 6.61 Å². The van der Waals surface area contributed by atoms with Crippen LogP contribution in [0.5, 0.6) is 0 Å². The maximum atomic E-state index is 12.9. The fourth-order valence-corrected chi connectivity index (χ4v) is 4.78. The van der Waals surface area contributed by atoms with Gasteiger partial charge in [-0.2, -0.15) is 0 Å². The van der Waals surface area contributed by atoms with Crippen LogP contribution >= 0.6 is 0 Å². The number of aliphatic hydroxyl groups is 3. The Bertz CT molecular complexity index is 1270. The average Bonchev–Trinajstić information content (AvgIpc) is 3.04. The van der Waals surface area contributed by atoms with Gasteiger partial charge in [-0.1, -0.05) is 0 Å². The molecule has 11 unspecified atom stereocenters. The highest BCUT2D eigenvalue weighted by Gasteiger charge is 2.47. The van der Waals surface area contributed by atoms with Crippen molar-refractivity contribution in [2.24, 2.45) is 17.2 Å². The summed E-state index contributed by atoms with van der Waals surface area (Å²) in [6, 6.07) is -7.62. The van der Waals surface area contributed by atoms with Gasteiger partial charge in [0.2, 0.25) is 41.4 Å². The summed E-state index contributed by atoms with van der Waals surface area (Å²) in [5.74, 6) is -7.16. The summed E-state index contributed by atoms with van der Waals surface area (Å²) in [5, 5.41) is 51.0. The van der Waals surface area contributed by atoms with E-state index >= 15 is 0 Å². The molecule has 0 aromatic rings. The minimum Gasteiger partial charge on any atom is -0.480 e.